The molecule has 1 atom stereocenters. The normalized spacial score (nSPS) is 11.8. The third kappa shape index (κ3) is 4.79. The minimum Gasteiger partial charge on any atom is -0.449 e. The molecule has 0 bridgehead atoms. The molecule has 1 amide bonds. The fraction of sp³-hybridized carbons (Fsp3) is 0.294. The van der Waals surface area contributed by atoms with Crippen LogP contribution in [0.25, 0.3) is 0 Å². The predicted octanol–water partition coefficient (Wildman–Crippen LogP) is 2.42. The average molecular weight is 345 g/mol. The molecule has 2 aromatic rings. The summed E-state index contributed by atoms with van der Waals surface area (Å²) < 4.78 is 5.07. The predicted molar refractivity (Wildman–Crippen MR) is 91.6 cm³/mol. The van der Waals surface area contributed by atoms with Gasteiger partial charge in [-0.2, -0.15) is 0 Å². The molecule has 6 nitrogen and oxygen atoms in total. The van der Waals surface area contributed by atoms with E-state index in [9.17, 15) is 9.59 Å². The van der Waals surface area contributed by atoms with Crippen molar-refractivity contribution in [2.75, 3.05) is 0 Å². The summed E-state index contributed by atoms with van der Waals surface area (Å²) in [5, 5.41) is 0.654. The minimum atomic E-state index is -0.971. The van der Waals surface area contributed by atoms with Gasteiger partial charge in [-0.25, -0.2) is 14.8 Å². The Bertz CT molecular complexity index is 744. The Morgan fingerprint density at radius 3 is 2.46 bits per heavy atom. The van der Waals surface area contributed by atoms with Crippen LogP contribution >= 0.6 is 11.8 Å². The summed E-state index contributed by atoms with van der Waals surface area (Å²) in [6.45, 7) is 5.27. The first-order chi connectivity index (χ1) is 11.4. The molecule has 7 heteroatoms. The molecule has 1 aromatic heterocycles. The molecule has 0 radical (unpaired) electrons. The number of hydrogen-bond donors (Lipinski definition) is 1. The summed E-state index contributed by atoms with van der Waals surface area (Å²) in [6, 6.07) is 8.98. The lowest BCUT2D eigenvalue weighted by molar-refractivity contribution is -0.125. The molecule has 24 heavy (non-hydrogen) atoms. The lowest BCUT2D eigenvalue weighted by Crippen LogP contribution is -2.30. The number of nitrogens with zero attached hydrogens (tertiary/aromatic N) is 2. The number of primary amides is 1. The molecule has 0 saturated carbocycles. The number of nitrogens with two attached hydrogens (primary N) is 1. The first-order valence-corrected chi connectivity index (χ1v) is 8.38. The zero-order valence-electron chi connectivity index (χ0n) is 13.8. The van der Waals surface area contributed by atoms with E-state index < -0.39 is 18.0 Å². The van der Waals surface area contributed by atoms with Gasteiger partial charge in [-0.15, -0.1) is 0 Å². The van der Waals surface area contributed by atoms with Gasteiger partial charge in [-0.1, -0.05) is 30.0 Å². The maximum absolute atomic E-state index is 12.2. The Morgan fingerprint density at radius 1 is 1.21 bits per heavy atom. The molecule has 2 rings (SSSR count). The van der Waals surface area contributed by atoms with E-state index >= 15 is 0 Å². The summed E-state index contributed by atoms with van der Waals surface area (Å²) in [4.78, 5) is 32.0. The van der Waals surface area contributed by atoms with Crippen molar-refractivity contribution in [3.63, 3.8) is 0 Å². The molecule has 1 aromatic carbocycles. The van der Waals surface area contributed by atoms with E-state index in [-0.39, 0.29) is 0 Å². The summed E-state index contributed by atoms with van der Waals surface area (Å²) in [6.07, 6.45) is -0.971. The number of thioether (sulfide) groups is 1. The fourth-order valence-electron chi connectivity index (χ4n) is 2.03. The monoisotopic (exact) mass is 345 g/mol. The van der Waals surface area contributed by atoms with Crippen molar-refractivity contribution >= 4 is 23.6 Å². The average Bonchev–Trinajstić information content (AvgIpc) is 2.52. The zero-order chi connectivity index (χ0) is 17.7. The van der Waals surface area contributed by atoms with Crippen LogP contribution in [0.4, 0.5) is 0 Å². The lowest BCUT2D eigenvalue weighted by Gasteiger charge is -2.12. The van der Waals surface area contributed by atoms with Gasteiger partial charge < -0.3 is 10.5 Å². The number of amides is 1. The molecule has 0 spiro atoms. The van der Waals surface area contributed by atoms with Crippen molar-refractivity contribution in [2.45, 2.75) is 37.8 Å². The smallest absolute Gasteiger partial charge is 0.339 e. The van der Waals surface area contributed by atoms with E-state index in [1.165, 1.54) is 18.7 Å². The molecule has 126 valence electrons. The first-order valence-electron chi connectivity index (χ1n) is 7.40. The number of aromatic nitrogens is 2. The van der Waals surface area contributed by atoms with Crippen LogP contribution in [-0.2, 0) is 15.3 Å². The van der Waals surface area contributed by atoms with Crippen molar-refractivity contribution in [1.82, 2.24) is 9.97 Å². The standard InChI is InChI=1S/C17H19N3O3S/c1-10-8-11(2)20-17(19-10)24-9-13-6-4-5-7-14(13)16(22)23-12(3)15(18)21/h4-8,12H,9H2,1-3H3,(H2,18,21)/t12-/m0/s1. The molecule has 0 unspecified atom stereocenters. The van der Waals surface area contributed by atoms with Crippen LogP contribution in [-0.4, -0.2) is 27.9 Å². The van der Waals surface area contributed by atoms with E-state index in [2.05, 4.69) is 9.97 Å². The summed E-state index contributed by atoms with van der Waals surface area (Å²) >= 11 is 1.44. The van der Waals surface area contributed by atoms with E-state index in [0.29, 0.717) is 16.5 Å². The highest BCUT2D eigenvalue weighted by atomic mass is 32.2. The molecule has 0 saturated heterocycles. The maximum Gasteiger partial charge on any atom is 0.339 e. The van der Waals surface area contributed by atoms with Crippen LogP contribution in [0.15, 0.2) is 35.5 Å². The number of aryl methyl sites for hydroxylation is 2. The Labute approximate surface area is 144 Å². The van der Waals surface area contributed by atoms with Gasteiger partial charge in [0, 0.05) is 17.1 Å². The highest BCUT2D eigenvalue weighted by Gasteiger charge is 2.18. The number of benzene rings is 1. The van der Waals surface area contributed by atoms with Crippen molar-refractivity contribution in [1.29, 1.82) is 0 Å². The van der Waals surface area contributed by atoms with E-state index in [1.807, 2.05) is 32.0 Å². The molecular weight excluding hydrogens is 326 g/mol. The minimum absolute atomic E-state index is 0.405. The van der Waals surface area contributed by atoms with Gasteiger partial charge in [0.05, 0.1) is 5.56 Å². The van der Waals surface area contributed by atoms with Crippen LogP contribution in [0.1, 0.15) is 34.2 Å². The van der Waals surface area contributed by atoms with Crippen LogP contribution in [0.5, 0.6) is 0 Å². The molecular formula is C17H19N3O3S. The van der Waals surface area contributed by atoms with Crippen LogP contribution in [0.3, 0.4) is 0 Å². The fourth-order valence-corrected chi connectivity index (χ4v) is 2.98. The van der Waals surface area contributed by atoms with Crippen LogP contribution < -0.4 is 5.73 Å². The SMILES string of the molecule is Cc1cc(C)nc(SCc2ccccc2C(=O)O[C@@H](C)C(N)=O)n1. The number of carbonyl (C=O) groups excluding carboxylic acids is 2. The lowest BCUT2D eigenvalue weighted by atomic mass is 10.1. The second kappa shape index (κ2) is 7.92. The Kier molecular flexibility index (Phi) is 5.92. The third-order valence-electron chi connectivity index (χ3n) is 3.24. The van der Waals surface area contributed by atoms with Gasteiger partial charge in [-0.3, -0.25) is 4.79 Å². The summed E-state index contributed by atoms with van der Waals surface area (Å²) in [5.41, 5.74) is 8.11. The van der Waals surface area contributed by atoms with E-state index in [4.69, 9.17) is 10.5 Å². The van der Waals surface area contributed by atoms with E-state index in [0.717, 1.165) is 17.0 Å². The largest absolute Gasteiger partial charge is 0.449 e. The second-order valence-electron chi connectivity index (χ2n) is 5.33. The van der Waals surface area contributed by atoms with Gasteiger partial charge in [0.25, 0.3) is 5.91 Å². The van der Waals surface area contributed by atoms with Gasteiger partial charge >= 0.3 is 5.97 Å². The number of hydrogen-bond acceptors (Lipinski definition) is 6. The third-order valence-corrected chi connectivity index (χ3v) is 4.14. The zero-order valence-corrected chi connectivity index (χ0v) is 14.6. The van der Waals surface area contributed by atoms with Crippen LogP contribution in [0, 0.1) is 13.8 Å². The van der Waals surface area contributed by atoms with Crippen molar-refractivity contribution in [3.05, 3.63) is 52.8 Å². The van der Waals surface area contributed by atoms with Gasteiger partial charge in [-0.05, 0) is 38.5 Å². The number of esters is 1. The molecule has 0 aliphatic heterocycles. The van der Waals surface area contributed by atoms with Gasteiger partial charge in [0.1, 0.15) is 0 Å². The maximum atomic E-state index is 12.2. The summed E-state index contributed by atoms with van der Waals surface area (Å²) in [5.74, 6) is -0.739. The molecule has 0 fully saturated rings. The highest BCUT2D eigenvalue weighted by molar-refractivity contribution is 7.98. The Balaban J connectivity index is 2.13. The number of rotatable bonds is 6. The first kappa shape index (κ1) is 17.9. The quantitative estimate of drug-likeness (QED) is 0.491. The number of carbonyl (C=O) groups is 2. The molecule has 1 heterocycles. The molecule has 0 aliphatic rings. The van der Waals surface area contributed by atoms with Crippen molar-refractivity contribution in [3.8, 4) is 0 Å². The van der Waals surface area contributed by atoms with E-state index in [1.54, 1.807) is 12.1 Å². The van der Waals surface area contributed by atoms with Gasteiger partial charge in [0.2, 0.25) is 0 Å². The van der Waals surface area contributed by atoms with Crippen molar-refractivity contribution < 1.29 is 14.3 Å². The second-order valence-corrected chi connectivity index (χ2v) is 6.27. The van der Waals surface area contributed by atoms with Crippen LogP contribution in [0.2, 0.25) is 0 Å². The summed E-state index contributed by atoms with van der Waals surface area (Å²) in [7, 11) is 0. The van der Waals surface area contributed by atoms with Gasteiger partial charge in [0.15, 0.2) is 11.3 Å². The topological polar surface area (TPSA) is 95.2 Å². The number of ether oxygens (including phenoxy) is 1. The molecule has 0 aliphatic carbocycles. The van der Waals surface area contributed by atoms with Crippen molar-refractivity contribution in [2.24, 2.45) is 5.73 Å². The Hall–Kier alpha value is -2.41. The molecule has 2 N–H and O–H groups in total. The Morgan fingerprint density at radius 2 is 1.83 bits per heavy atom. The highest BCUT2D eigenvalue weighted by Crippen LogP contribution is 2.23.